The van der Waals surface area contributed by atoms with Gasteiger partial charge < -0.3 is 0 Å². The van der Waals surface area contributed by atoms with E-state index in [-0.39, 0.29) is 5.82 Å². The molecule has 0 atom stereocenters. The van der Waals surface area contributed by atoms with Crippen LogP contribution in [0.15, 0.2) is 121 Å². The lowest BCUT2D eigenvalue weighted by molar-refractivity contribution is 0.617. The SMILES string of the molecule is Cc1ccc(C)c(F)c1.Cc1ccc(C)cc1.Cc1ccc2cc(Cl)ccc2c1.Cc1ccc2ccccc2c1. The van der Waals surface area contributed by atoms with Crippen LogP contribution >= 0.6 is 11.6 Å². The molecule has 0 bridgehead atoms. The van der Waals surface area contributed by atoms with Crippen LogP contribution in [-0.4, -0.2) is 0 Å². The van der Waals surface area contributed by atoms with Crippen molar-refractivity contribution in [1.29, 1.82) is 0 Å². The predicted octanol–water partition coefficient (Wildman–Crippen LogP) is 11.7. The van der Waals surface area contributed by atoms with E-state index >= 15 is 0 Å². The van der Waals surface area contributed by atoms with Gasteiger partial charge >= 0.3 is 0 Å². The first-order valence-electron chi connectivity index (χ1n) is 13.5. The van der Waals surface area contributed by atoms with Gasteiger partial charge in [0.15, 0.2) is 0 Å². The van der Waals surface area contributed by atoms with Crippen molar-refractivity contribution in [3.63, 3.8) is 0 Å². The Morgan fingerprint density at radius 3 is 1.35 bits per heavy atom. The summed E-state index contributed by atoms with van der Waals surface area (Å²) < 4.78 is 12.6. The van der Waals surface area contributed by atoms with Crippen LogP contribution in [0.4, 0.5) is 4.39 Å². The molecule has 0 aliphatic carbocycles. The molecule has 6 aromatic carbocycles. The second-order valence-electron chi connectivity index (χ2n) is 10.3. The molecule has 0 amide bonds. The number of hydrogen-bond acceptors (Lipinski definition) is 0. The van der Waals surface area contributed by atoms with Crippen molar-refractivity contribution in [2.24, 2.45) is 0 Å². The zero-order chi connectivity index (χ0) is 29.1. The molecule has 0 saturated heterocycles. The Bertz CT molecular complexity index is 1600. The zero-order valence-electron chi connectivity index (χ0n) is 24.3. The fourth-order valence-electron chi connectivity index (χ4n) is 3.98. The summed E-state index contributed by atoms with van der Waals surface area (Å²) in [6.07, 6.45) is 0. The minimum absolute atomic E-state index is 0.116. The summed E-state index contributed by atoms with van der Waals surface area (Å²) in [4.78, 5) is 0. The Hall–Kier alpha value is -3.94. The Morgan fingerprint density at radius 2 is 0.800 bits per heavy atom. The smallest absolute Gasteiger partial charge is 0.126 e. The molecule has 0 radical (unpaired) electrons. The summed E-state index contributed by atoms with van der Waals surface area (Å²) in [5.41, 5.74) is 6.94. The Morgan fingerprint density at radius 1 is 0.400 bits per heavy atom. The van der Waals surface area contributed by atoms with Crippen molar-refractivity contribution in [1.82, 2.24) is 0 Å². The fourth-order valence-corrected chi connectivity index (χ4v) is 4.16. The molecule has 6 rings (SSSR count). The number of fused-ring (bicyclic) bond motifs is 2. The van der Waals surface area contributed by atoms with Crippen molar-refractivity contribution < 1.29 is 4.39 Å². The van der Waals surface area contributed by atoms with E-state index in [1.54, 1.807) is 13.0 Å². The summed E-state index contributed by atoms with van der Waals surface area (Å²) in [6, 6.07) is 40.9. The van der Waals surface area contributed by atoms with E-state index in [1.165, 1.54) is 49.9 Å². The van der Waals surface area contributed by atoms with Gasteiger partial charge in [0.05, 0.1) is 0 Å². The van der Waals surface area contributed by atoms with E-state index in [4.69, 9.17) is 11.6 Å². The second-order valence-corrected chi connectivity index (χ2v) is 10.7. The van der Waals surface area contributed by atoms with Crippen LogP contribution in [0.2, 0.25) is 5.02 Å². The van der Waals surface area contributed by atoms with Crippen LogP contribution in [0.3, 0.4) is 0 Å². The van der Waals surface area contributed by atoms with Crippen LogP contribution < -0.4 is 0 Å². The van der Waals surface area contributed by atoms with Crippen LogP contribution in [0, 0.1) is 47.4 Å². The predicted molar refractivity (Wildman–Crippen MR) is 174 cm³/mol. The standard InChI is InChI=1S/C11H9Cl.C11H10.C8H9F.C8H10/c1-8-2-3-10-7-11(12)5-4-9(10)6-8;1-9-6-7-10-4-2-3-5-11(10)8-9;1-6-3-4-7(2)8(9)5-6;1-7-3-5-8(2)6-4-7/h2-7H,1H3;2-8H,1H3;3-5H,1-2H3;3-6H,1-2H3. The van der Waals surface area contributed by atoms with Gasteiger partial charge in [-0.05, 0) is 92.4 Å². The maximum absolute atomic E-state index is 12.6. The molecule has 0 N–H and O–H groups in total. The molecular weight excluding hydrogens is 511 g/mol. The minimum Gasteiger partial charge on any atom is -0.207 e. The molecule has 0 fully saturated rings. The molecule has 6 aromatic rings. The zero-order valence-corrected chi connectivity index (χ0v) is 25.1. The van der Waals surface area contributed by atoms with E-state index in [2.05, 4.69) is 113 Å². The van der Waals surface area contributed by atoms with Crippen molar-refractivity contribution in [3.8, 4) is 0 Å². The number of rotatable bonds is 0. The molecule has 40 heavy (non-hydrogen) atoms. The summed E-state index contributed by atoms with van der Waals surface area (Å²) >= 11 is 5.86. The highest BCUT2D eigenvalue weighted by atomic mass is 35.5. The van der Waals surface area contributed by atoms with Gasteiger partial charge in [0.25, 0.3) is 0 Å². The van der Waals surface area contributed by atoms with Gasteiger partial charge in [-0.1, -0.05) is 137 Å². The molecule has 2 heteroatoms. The highest BCUT2D eigenvalue weighted by Gasteiger charge is 1.94. The largest absolute Gasteiger partial charge is 0.207 e. The first-order valence-corrected chi connectivity index (χ1v) is 13.9. The molecule has 0 spiro atoms. The summed E-state index contributed by atoms with van der Waals surface area (Å²) in [5, 5.41) is 5.89. The van der Waals surface area contributed by atoms with E-state index < -0.39 is 0 Å². The van der Waals surface area contributed by atoms with Gasteiger partial charge in [0.1, 0.15) is 5.82 Å². The molecular formula is C38H38ClF. The van der Waals surface area contributed by atoms with E-state index in [9.17, 15) is 4.39 Å². The van der Waals surface area contributed by atoms with Crippen molar-refractivity contribution in [2.75, 3.05) is 0 Å². The minimum atomic E-state index is -0.116. The van der Waals surface area contributed by atoms with Crippen LogP contribution in [0.25, 0.3) is 21.5 Å². The van der Waals surface area contributed by atoms with Crippen LogP contribution in [0.5, 0.6) is 0 Å². The lowest BCUT2D eigenvalue weighted by Gasteiger charge is -1.98. The molecule has 0 unspecified atom stereocenters. The van der Waals surface area contributed by atoms with E-state index in [1.807, 2.05) is 31.2 Å². The number of benzene rings is 6. The monoisotopic (exact) mass is 548 g/mol. The average molecular weight is 549 g/mol. The normalized spacial score (nSPS) is 10.0. The molecule has 0 saturated carbocycles. The molecule has 0 heterocycles. The Kier molecular flexibility index (Phi) is 11.5. The van der Waals surface area contributed by atoms with Crippen molar-refractivity contribution in [2.45, 2.75) is 41.5 Å². The molecule has 0 aromatic heterocycles. The third-order valence-corrected chi connectivity index (χ3v) is 6.64. The molecule has 0 nitrogen and oxygen atoms in total. The third kappa shape index (κ3) is 9.98. The average Bonchev–Trinajstić information content (AvgIpc) is 2.94. The van der Waals surface area contributed by atoms with Gasteiger partial charge in [-0.3, -0.25) is 0 Å². The van der Waals surface area contributed by atoms with Gasteiger partial charge in [-0.2, -0.15) is 0 Å². The number of halogens is 2. The molecule has 0 aliphatic heterocycles. The quantitative estimate of drug-likeness (QED) is 0.177. The maximum atomic E-state index is 12.6. The van der Waals surface area contributed by atoms with Crippen LogP contribution in [0.1, 0.15) is 33.4 Å². The summed E-state index contributed by atoms with van der Waals surface area (Å²) in [7, 11) is 0. The van der Waals surface area contributed by atoms with Crippen molar-refractivity contribution in [3.05, 3.63) is 166 Å². The summed E-state index contributed by atoms with van der Waals surface area (Å²) in [6.45, 7) is 12.0. The Labute approximate surface area is 244 Å². The third-order valence-electron chi connectivity index (χ3n) is 6.41. The first-order chi connectivity index (χ1) is 19.1. The van der Waals surface area contributed by atoms with E-state index in [0.717, 1.165) is 10.6 Å². The second kappa shape index (κ2) is 15.0. The number of hydrogen-bond donors (Lipinski definition) is 0. The van der Waals surface area contributed by atoms with Gasteiger partial charge in [-0.25, -0.2) is 4.39 Å². The first kappa shape index (κ1) is 30.6. The summed E-state index contributed by atoms with van der Waals surface area (Å²) in [5.74, 6) is -0.116. The maximum Gasteiger partial charge on any atom is 0.126 e. The molecule has 0 aliphatic rings. The number of aryl methyl sites for hydroxylation is 6. The lowest BCUT2D eigenvalue weighted by atomic mass is 10.1. The highest BCUT2D eigenvalue weighted by Crippen LogP contribution is 2.20. The fraction of sp³-hybridized carbons (Fsp3) is 0.158. The van der Waals surface area contributed by atoms with Crippen molar-refractivity contribution >= 4 is 33.1 Å². The van der Waals surface area contributed by atoms with Crippen LogP contribution in [-0.2, 0) is 0 Å². The topological polar surface area (TPSA) is 0 Å². The lowest BCUT2D eigenvalue weighted by Crippen LogP contribution is -1.81. The van der Waals surface area contributed by atoms with Gasteiger partial charge in [0.2, 0.25) is 0 Å². The van der Waals surface area contributed by atoms with Gasteiger partial charge in [-0.15, -0.1) is 0 Å². The van der Waals surface area contributed by atoms with E-state index in [0.29, 0.717) is 5.56 Å². The Balaban J connectivity index is 0.000000149. The molecule has 204 valence electrons. The highest BCUT2D eigenvalue weighted by molar-refractivity contribution is 6.31. The van der Waals surface area contributed by atoms with Gasteiger partial charge in [0, 0.05) is 5.02 Å².